The zero-order valence-corrected chi connectivity index (χ0v) is 9.81. The lowest BCUT2D eigenvalue weighted by atomic mass is 10.1. The topological polar surface area (TPSA) is 69.6 Å². The van der Waals surface area contributed by atoms with Gasteiger partial charge in [0.1, 0.15) is 11.5 Å². The molecule has 92 valence electrons. The molecule has 0 heterocycles. The minimum Gasteiger partial charge on any atom is -0.508 e. The van der Waals surface area contributed by atoms with Crippen molar-refractivity contribution < 1.29 is 15.0 Å². The first kappa shape index (κ1) is 11.8. The fourth-order valence-electron chi connectivity index (χ4n) is 1.91. The standard InChI is InChI=1S/C13H17NO3/c1-8(9-2-3-9)7-14-13(17)10-4-11(15)6-12(16)5-10/h4-6,8-9,15-16H,2-3,7H2,1H3,(H,14,17). The predicted molar refractivity (Wildman–Crippen MR) is 64.0 cm³/mol. The number of aromatic hydroxyl groups is 2. The Hall–Kier alpha value is -1.71. The van der Waals surface area contributed by atoms with Gasteiger partial charge in [0.2, 0.25) is 0 Å². The summed E-state index contributed by atoms with van der Waals surface area (Å²) >= 11 is 0. The fourth-order valence-corrected chi connectivity index (χ4v) is 1.91. The molecule has 3 N–H and O–H groups in total. The van der Waals surface area contributed by atoms with Crippen molar-refractivity contribution in [3.05, 3.63) is 23.8 Å². The highest BCUT2D eigenvalue weighted by Crippen LogP contribution is 2.36. The molecule has 1 fully saturated rings. The van der Waals surface area contributed by atoms with Crippen molar-refractivity contribution >= 4 is 5.91 Å². The molecule has 2 rings (SSSR count). The van der Waals surface area contributed by atoms with Gasteiger partial charge in [0, 0.05) is 18.2 Å². The Kier molecular flexibility index (Phi) is 3.22. The van der Waals surface area contributed by atoms with Crippen molar-refractivity contribution in [3.63, 3.8) is 0 Å². The fraction of sp³-hybridized carbons (Fsp3) is 0.462. The van der Waals surface area contributed by atoms with Crippen molar-refractivity contribution in [1.29, 1.82) is 0 Å². The van der Waals surface area contributed by atoms with E-state index in [-0.39, 0.29) is 23.0 Å². The van der Waals surface area contributed by atoms with Crippen LogP contribution in [-0.4, -0.2) is 22.7 Å². The first-order chi connectivity index (χ1) is 8.06. The lowest BCUT2D eigenvalue weighted by molar-refractivity contribution is 0.0946. The number of carbonyl (C=O) groups is 1. The predicted octanol–water partition coefficient (Wildman–Crippen LogP) is 1.87. The second-order valence-electron chi connectivity index (χ2n) is 4.76. The van der Waals surface area contributed by atoms with Crippen molar-refractivity contribution in [2.75, 3.05) is 6.54 Å². The molecule has 1 aliphatic carbocycles. The Morgan fingerprint density at radius 2 is 1.94 bits per heavy atom. The number of benzene rings is 1. The van der Waals surface area contributed by atoms with Gasteiger partial charge in [-0.3, -0.25) is 4.79 Å². The van der Waals surface area contributed by atoms with E-state index >= 15 is 0 Å². The van der Waals surface area contributed by atoms with E-state index < -0.39 is 0 Å². The molecule has 0 aromatic heterocycles. The molecule has 1 aliphatic rings. The molecule has 4 heteroatoms. The van der Waals surface area contributed by atoms with E-state index in [1.807, 2.05) is 0 Å². The quantitative estimate of drug-likeness (QED) is 0.746. The van der Waals surface area contributed by atoms with Crippen LogP contribution >= 0.6 is 0 Å². The molecule has 1 amide bonds. The summed E-state index contributed by atoms with van der Waals surface area (Å²) in [4.78, 5) is 11.8. The Morgan fingerprint density at radius 1 is 1.35 bits per heavy atom. The third-order valence-corrected chi connectivity index (χ3v) is 3.18. The highest BCUT2D eigenvalue weighted by molar-refractivity contribution is 5.95. The summed E-state index contributed by atoms with van der Waals surface area (Å²) in [6.07, 6.45) is 2.51. The average Bonchev–Trinajstić information content (AvgIpc) is 3.07. The van der Waals surface area contributed by atoms with Crippen molar-refractivity contribution in [2.45, 2.75) is 19.8 Å². The number of carbonyl (C=O) groups excluding carboxylic acids is 1. The van der Waals surface area contributed by atoms with Crippen molar-refractivity contribution in [2.24, 2.45) is 11.8 Å². The van der Waals surface area contributed by atoms with E-state index in [4.69, 9.17) is 0 Å². The Bertz CT molecular complexity index is 406. The molecule has 1 atom stereocenters. The summed E-state index contributed by atoms with van der Waals surface area (Å²) in [5.41, 5.74) is 0.283. The van der Waals surface area contributed by atoms with Crippen molar-refractivity contribution in [1.82, 2.24) is 5.32 Å². The van der Waals surface area contributed by atoms with Crippen LogP contribution in [0, 0.1) is 11.8 Å². The molecule has 17 heavy (non-hydrogen) atoms. The number of hydrogen-bond acceptors (Lipinski definition) is 3. The summed E-state index contributed by atoms with van der Waals surface area (Å²) in [6.45, 7) is 2.76. The third kappa shape index (κ3) is 3.12. The summed E-state index contributed by atoms with van der Waals surface area (Å²) < 4.78 is 0. The first-order valence-corrected chi connectivity index (χ1v) is 5.87. The SMILES string of the molecule is CC(CNC(=O)c1cc(O)cc(O)c1)C1CC1. The summed E-state index contributed by atoms with van der Waals surface area (Å²) in [7, 11) is 0. The average molecular weight is 235 g/mol. The van der Waals surface area contributed by atoms with Gasteiger partial charge in [-0.05, 0) is 36.8 Å². The first-order valence-electron chi connectivity index (χ1n) is 5.87. The smallest absolute Gasteiger partial charge is 0.251 e. The second-order valence-corrected chi connectivity index (χ2v) is 4.76. The highest BCUT2D eigenvalue weighted by Gasteiger charge is 2.27. The van der Waals surface area contributed by atoms with Crippen LogP contribution in [0.1, 0.15) is 30.1 Å². The molecule has 1 aromatic rings. The van der Waals surface area contributed by atoms with Crippen LogP contribution in [0.2, 0.25) is 0 Å². The van der Waals surface area contributed by atoms with Crippen LogP contribution in [0.25, 0.3) is 0 Å². The normalized spacial score (nSPS) is 16.5. The maximum Gasteiger partial charge on any atom is 0.251 e. The third-order valence-electron chi connectivity index (χ3n) is 3.18. The minimum absolute atomic E-state index is 0.106. The van der Waals surface area contributed by atoms with Gasteiger partial charge in [-0.2, -0.15) is 0 Å². The molecular weight excluding hydrogens is 218 g/mol. The molecule has 1 saturated carbocycles. The van der Waals surface area contributed by atoms with Gasteiger partial charge in [-0.1, -0.05) is 6.92 Å². The van der Waals surface area contributed by atoms with E-state index in [0.717, 1.165) is 5.92 Å². The summed E-state index contributed by atoms with van der Waals surface area (Å²) in [5.74, 6) is 0.761. The summed E-state index contributed by atoms with van der Waals surface area (Å²) in [5, 5.41) is 21.4. The number of phenols is 2. The maximum atomic E-state index is 11.8. The second kappa shape index (κ2) is 4.65. The Labute approximate surface area is 100 Å². The maximum absolute atomic E-state index is 11.8. The van der Waals surface area contributed by atoms with Crippen LogP contribution in [0.4, 0.5) is 0 Å². The zero-order chi connectivity index (χ0) is 12.4. The van der Waals surface area contributed by atoms with Crippen LogP contribution in [0.5, 0.6) is 11.5 Å². The van der Waals surface area contributed by atoms with Crippen LogP contribution in [0.15, 0.2) is 18.2 Å². The molecule has 4 nitrogen and oxygen atoms in total. The number of phenolic OH excluding ortho intramolecular Hbond substituents is 2. The summed E-state index contributed by atoms with van der Waals surface area (Å²) in [6, 6.07) is 3.89. The van der Waals surface area contributed by atoms with Crippen LogP contribution < -0.4 is 5.32 Å². The van der Waals surface area contributed by atoms with Gasteiger partial charge in [-0.25, -0.2) is 0 Å². The number of amides is 1. The minimum atomic E-state index is -0.260. The van der Waals surface area contributed by atoms with E-state index in [9.17, 15) is 15.0 Å². The number of hydrogen-bond donors (Lipinski definition) is 3. The molecule has 0 bridgehead atoms. The number of rotatable bonds is 4. The van der Waals surface area contributed by atoms with Crippen LogP contribution in [0.3, 0.4) is 0 Å². The van der Waals surface area contributed by atoms with Gasteiger partial charge in [0.05, 0.1) is 0 Å². The molecule has 0 spiro atoms. The van der Waals surface area contributed by atoms with E-state index in [0.29, 0.717) is 12.5 Å². The molecule has 0 radical (unpaired) electrons. The number of nitrogens with one attached hydrogen (secondary N) is 1. The molecule has 1 unspecified atom stereocenters. The zero-order valence-electron chi connectivity index (χ0n) is 9.81. The Morgan fingerprint density at radius 3 is 2.47 bits per heavy atom. The van der Waals surface area contributed by atoms with E-state index in [2.05, 4.69) is 12.2 Å². The van der Waals surface area contributed by atoms with Gasteiger partial charge >= 0.3 is 0 Å². The van der Waals surface area contributed by atoms with Gasteiger partial charge < -0.3 is 15.5 Å². The Balaban J connectivity index is 1.94. The van der Waals surface area contributed by atoms with Gasteiger partial charge in [0.25, 0.3) is 5.91 Å². The lowest BCUT2D eigenvalue weighted by Crippen LogP contribution is -2.28. The van der Waals surface area contributed by atoms with Crippen molar-refractivity contribution in [3.8, 4) is 11.5 Å². The van der Waals surface area contributed by atoms with E-state index in [1.165, 1.54) is 31.0 Å². The monoisotopic (exact) mass is 235 g/mol. The molecule has 0 aliphatic heterocycles. The van der Waals surface area contributed by atoms with Crippen LogP contribution in [-0.2, 0) is 0 Å². The molecule has 1 aromatic carbocycles. The largest absolute Gasteiger partial charge is 0.508 e. The molecule has 0 saturated heterocycles. The molecular formula is C13H17NO3. The van der Waals surface area contributed by atoms with E-state index in [1.54, 1.807) is 0 Å². The van der Waals surface area contributed by atoms with Gasteiger partial charge in [0.15, 0.2) is 0 Å². The lowest BCUT2D eigenvalue weighted by Gasteiger charge is -2.11. The highest BCUT2D eigenvalue weighted by atomic mass is 16.3. The van der Waals surface area contributed by atoms with Gasteiger partial charge in [-0.15, -0.1) is 0 Å².